The van der Waals surface area contributed by atoms with Gasteiger partial charge < -0.3 is 20.9 Å². The summed E-state index contributed by atoms with van der Waals surface area (Å²) in [6.07, 6.45) is -1.73. The molecule has 1 fully saturated rings. The van der Waals surface area contributed by atoms with E-state index in [4.69, 9.17) is 20.4 Å². The first-order valence-corrected chi connectivity index (χ1v) is 7.48. The van der Waals surface area contributed by atoms with Crippen molar-refractivity contribution in [2.24, 2.45) is 5.73 Å². The highest BCUT2D eigenvalue weighted by atomic mass is 19.4. The first kappa shape index (κ1) is 21.4. The van der Waals surface area contributed by atoms with Crippen LogP contribution in [0.4, 0.5) is 13.2 Å². The molecule has 1 saturated heterocycles. The van der Waals surface area contributed by atoms with E-state index in [9.17, 15) is 22.8 Å². The Balaban J connectivity index is 0.000000412. The average molecular weight is 377 g/mol. The maximum absolute atomic E-state index is 12.3. The maximum atomic E-state index is 12.3. The Morgan fingerprint density at radius 2 is 2.04 bits per heavy atom. The molecule has 1 aromatic rings. The summed E-state index contributed by atoms with van der Waals surface area (Å²) < 4.78 is 36.9. The average Bonchev–Trinajstić information content (AvgIpc) is 3.07. The van der Waals surface area contributed by atoms with Crippen LogP contribution in [-0.2, 0) is 9.59 Å². The fourth-order valence-corrected chi connectivity index (χ4v) is 2.16. The third-order valence-electron chi connectivity index (χ3n) is 3.39. The molecule has 0 spiro atoms. The van der Waals surface area contributed by atoms with E-state index in [0.29, 0.717) is 11.1 Å². The highest BCUT2D eigenvalue weighted by Gasteiger charge is 2.38. The van der Waals surface area contributed by atoms with E-state index in [1.54, 1.807) is 13.0 Å². The van der Waals surface area contributed by atoms with Gasteiger partial charge in [-0.3, -0.25) is 9.59 Å². The minimum absolute atomic E-state index is 0.0429. The van der Waals surface area contributed by atoms with Gasteiger partial charge in [0.2, 0.25) is 5.88 Å². The number of ether oxygens (including phenoxy) is 1. The number of carbonyl (C=O) groups excluding carboxylic acids is 2. The number of nitrogens with zero attached hydrogens (tertiary/aromatic N) is 1. The number of halogens is 3. The number of amides is 1. The van der Waals surface area contributed by atoms with Crippen molar-refractivity contribution in [1.82, 2.24) is 10.3 Å². The lowest BCUT2D eigenvalue weighted by Crippen LogP contribution is -2.31. The summed E-state index contributed by atoms with van der Waals surface area (Å²) in [5.41, 5.74) is 6.24. The lowest BCUT2D eigenvalue weighted by atomic mass is 10.00. The van der Waals surface area contributed by atoms with Crippen LogP contribution in [0, 0.1) is 6.92 Å². The second-order valence-electron chi connectivity index (χ2n) is 5.36. The van der Waals surface area contributed by atoms with Crippen molar-refractivity contribution in [2.75, 3.05) is 13.2 Å². The van der Waals surface area contributed by atoms with Crippen LogP contribution in [0.25, 0.3) is 0 Å². The first-order valence-electron chi connectivity index (χ1n) is 7.48. The van der Waals surface area contributed by atoms with Gasteiger partial charge in [-0.25, -0.2) is 9.78 Å². The Labute approximate surface area is 146 Å². The third-order valence-corrected chi connectivity index (χ3v) is 3.39. The van der Waals surface area contributed by atoms with E-state index in [2.05, 4.69) is 10.3 Å². The molecule has 0 bridgehead atoms. The van der Waals surface area contributed by atoms with Crippen molar-refractivity contribution in [1.29, 1.82) is 0 Å². The zero-order valence-corrected chi connectivity index (χ0v) is 13.8. The number of carbonyl (C=O) groups is 3. The predicted molar refractivity (Wildman–Crippen MR) is 82.7 cm³/mol. The van der Waals surface area contributed by atoms with Crippen LogP contribution in [0.5, 0.6) is 5.88 Å². The van der Waals surface area contributed by atoms with E-state index in [-0.39, 0.29) is 24.3 Å². The maximum Gasteiger partial charge on any atom is 0.490 e. The molecule has 1 aliphatic heterocycles. The van der Waals surface area contributed by atoms with Gasteiger partial charge in [0.05, 0.1) is 6.04 Å². The number of nitrogens with two attached hydrogens (primary N) is 1. The Morgan fingerprint density at radius 1 is 1.42 bits per heavy atom. The topological polar surface area (TPSA) is 132 Å². The molecule has 8 nitrogen and oxygen atoms in total. The molecule has 2 rings (SSSR count). The number of rotatable bonds is 5. The molecule has 26 heavy (non-hydrogen) atoms. The standard InChI is InChI=1S/C13H17N3O3.C2HF3O2/c1-8-9(12(18)10-3-2-5-15-10)4-6-16-13(8)19-7-11(14)17;3-2(4,5)1(6)7/h4,6,10,15H,2-3,5,7H2,1H3,(H2,14,17);(H,6,7)/t10-;/m0./s1. The van der Waals surface area contributed by atoms with Crippen molar-refractivity contribution in [3.05, 3.63) is 23.4 Å². The molecule has 0 unspecified atom stereocenters. The number of ketones is 1. The second kappa shape index (κ2) is 9.13. The number of aromatic nitrogens is 1. The highest BCUT2D eigenvalue weighted by Crippen LogP contribution is 2.21. The molecular weight excluding hydrogens is 359 g/mol. The molecule has 1 atom stereocenters. The predicted octanol–water partition coefficient (Wildman–Crippen LogP) is 0.822. The zero-order valence-electron chi connectivity index (χ0n) is 13.8. The Morgan fingerprint density at radius 3 is 2.50 bits per heavy atom. The van der Waals surface area contributed by atoms with Crippen molar-refractivity contribution in [2.45, 2.75) is 32.0 Å². The number of alkyl halides is 3. The molecule has 0 aromatic carbocycles. The van der Waals surface area contributed by atoms with E-state index >= 15 is 0 Å². The molecule has 2 heterocycles. The van der Waals surface area contributed by atoms with Gasteiger partial charge in [-0.2, -0.15) is 13.2 Å². The summed E-state index contributed by atoms with van der Waals surface area (Å²) in [7, 11) is 0. The summed E-state index contributed by atoms with van der Waals surface area (Å²) in [5.74, 6) is -3.01. The van der Waals surface area contributed by atoms with E-state index in [1.807, 2.05) is 0 Å². The van der Waals surface area contributed by atoms with Crippen LogP contribution < -0.4 is 15.8 Å². The van der Waals surface area contributed by atoms with Crippen molar-refractivity contribution < 1.29 is 37.4 Å². The van der Waals surface area contributed by atoms with Gasteiger partial charge in [0.25, 0.3) is 5.91 Å². The molecule has 144 valence electrons. The number of nitrogens with one attached hydrogen (secondary N) is 1. The molecule has 1 aliphatic rings. The van der Waals surface area contributed by atoms with Crippen LogP contribution in [0.3, 0.4) is 0 Å². The number of aliphatic carboxylic acids is 1. The van der Waals surface area contributed by atoms with Gasteiger partial charge in [-0.1, -0.05) is 0 Å². The van der Waals surface area contributed by atoms with Crippen molar-refractivity contribution >= 4 is 17.7 Å². The highest BCUT2D eigenvalue weighted by molar-refractivity contribution is 6.01. The summed E-state index contributed by atoms with van der Waals surface area (Å²) in [6, 6.07) is 1.54. The van der Waals surface area contributed by atoms with Crippen molar-refractivity contribution in [3.8, 4) is 5.88 Å². The third kappa shape index (κ3) is 6.31. The summed E-state index contributed by atoms with van der Waals surface area (Å²) in [6.45, 7) is 2.38. The lowest BCUT2D eigenvalue weighted by Gasteiger charge is -2.13. The second-order valence-corrected chi connectivity index (χ2v) is 5.36. The van der Waals surface area contributed by atoms with Gasteiger partial charge in [0, 0.05) is 17.3 Å². The van der Waals surface area contributed by atoms with E-state index < -0.39 is 18.1 Å². The quantitative estimate of drug-likeness (QED) is 0.647. The Kier molecular flexibility index (Phi) is 7.50. The smallest absolute Gasteiger partial charge is 0.475 e. The SMILES string of the molecule is Cc1c(C(=O)[C@@H]2CCCN2)ccnc1OCC(N)=O.O=C(O)C(F)(F)F. The zero-order chi connectivity index (χ0) is 19.9. The number of Topliss-reactive ketones (excluding diaryl/α,β-unsaturated/α-hetero) is 1. The molecule has 1 amide bonds. The first-order chi connectivity index (χ1) is 12.0. The molecular formula is C15H18F3N3O5. The van der Waals surface area contributed by atoms with Crippen LogP contribution in [0.2, 0.25) is 0 Å². The number of carboxylic acid groups (broad SMARTS) is 1. The van der Waals surface area contributed by atoms with Crippen molar-refractivity contribution in [3.63, 3.8) is 0 Å². The van der Waals surface area contributed by atoms with Crippen LogP contribution in [0.15, 0.2) is 12.3 Å². The van der Waals surface area contributed by atoms with Gasteiger partial charge in [-0.15, -0.1) is 0 Å². The molecule has 0 saturated carbocycles. The molecule has 0 radical (unpaired) electrons. The fourth-order valence-electron chi connectivity index (χ4n) is 2.16. The van der Waals surface area contributed by atoms with Gasteiger partial charge in [0.1, 0.15) is 0 Å². The van der Waals surface area contributed by atoms with Crippen LogP contribution in [-0.4, -0.2) is 53.1 Å². The minimum atomic E-state index is -5.08. The molecule has 4 N–H and O–H groups in total. The monoisotopic (exact) mass is 377 g/mol. The largest absolute Gasteiger partial charge is 0.490 e. The summed E-state index contributed by atoms with van der Waals surface area (Å²) in [5, 5.41) is 10.3. The Hall–Kier alpha value is -2.69. The van der Waals surface area contributed by atoms with Crippen LogP contribution in [0.1, 0.15) is 28.8 Å². The summed E-state index contributed by atoms with van der Waals surface area (Å²) in [4.78, 5) is 35.9. The van der Waals surface area contributed by atoms with Crippen LogP contribution >= 0.6 is 0 Å². The summed E-state index contributed by atoms with van der Waals surface area (Å²) >= 11 is 0. The van der Waals surface area contributed by atoms with Gasteiger partial charge in [0.15, 0.2) is 12.4 Å². The molecule has 11 heteroatoms. The van der Waals surface area contributed by atoms with Gasteiger partial charge >= 0.3 is 12.1 Å². The number of primary amides is 1. The normalized spacial score (nSPS) is 16.4. The Bertz CT molecular complexity index is 673. The number of carboxylic acids is 1. The van der Waals surface area contributed by atoms with Gasteiger partial charge in [-0.05, 0) is 32.4 Å². The number of hydrogen-bond acceptors (Lipinski definition) is 6. The number of hydrogen-bond donors (Lipinski definition) is 3. The van der Waals surface area contributed by atoms with E-state index in [0.717, 1.165) is 19.4 Å². The molecule has 0 aliphatic carbocycles. The minimum Gasteiger partial charge on any atom is -0.475 e. The lowest BCUT2D eigenvalue weighted by molar-refractivity contribution is -0.192. The number of pyridine rings is 1. The van der Waals surface area contributed by atoms with E-state index in [1.165, 1.54) is 6.20 Å². The fraction of sp³-hybridized carbons (Fsp3) is 0.467. The molecule has 1 aromatic heterocycles.